The van der Waals surface area contributed by atoms with Gasteiger partial charge in [0.25, 0.3) is 0 Å². The highest BCUT2D eigenvalue weighted by Gasteiger charge is 2.34. The predicted octanol–water partition coefficient (Wildman–Crippen LogP) is 5.08. The minimum Gasteiger partial charge on any atom is -0.481 e. The Balaban J connectivity index is 1.66. The topological polar surface area (TPSA) is 105 Å². The molecule has 1 aromatic heterocycles. The van der Waals surface area contributed by atoms with Crippen LogP contribution in [0.1, 0.15) is 67.9 Å². The number of fused-ring (bicyclic) bond motifs is 3. The van der Waals surface area contributed by atoms with Crippen LogP contribution in [0.2, 0.25) is 0 Å². The van der Waals surface area contributed by atoms with Crippen LogP contribution in [0.25, 0.3) is 11.0 Å². The van der Waals surface area contributed by atoms with Crippen molar-refractivity contribution in [3.8, 4) is 0 Å². The van der Waals surface area contributed by atoms with Gasteiger partial charge in [0, 0.05) is 30.7 Å². The van der Waals surface area contributed by atoms with Gasteiger partial charge in [-0.1, -0.05) is 36.8 Å². The molecule has 1 saturated carbocycles. The summed E-state index contributed by atoms with van der Waals surface area (Å²) in [6, 6.07) is 13.4. The third-order valence-electron chi connectivity index (χ3n) is 8.16. The number of amides is 1. The number of aliphatic carboxylic acids is 1. The van der Waals surface area contributed by atoms with E-state index in [1.54, 1.807) is 4.90 Å². The first kappa shape index (κ1) is 25.3. The fraction of sp³-hybridized carbons (Fsp3) is 0.483. The third kappa shape index (κ3) is 4.70. The van der Waals surface area contributed by atoms with Crippen molar-refractivity contribution in [2.75, 3.05) is 18.6 Å². The number of carbonyl (C=O) groups excluding carboxylic acids is 1. The molecule has 4 atom stereocenters. The zero-order valence-corrected chi connectivity index (χ0v) is 21.5. The van der Waals surface area contributed by atoms with Crippen LogP contribution >= 0.6 is 0 Å². The lowest BCUT2D eigenvalue weighted by atomic mass is 9.85. The lowest BCUT2D eigenvalue weighted by Crippen LogP contribution is -2.42. The number of carboxylic acid groups (broad SMARTS) is 1. The number of hydrogen-bond donors (Lipinski definition) is 2. The number of carbonyl (C=O) groups is 2. The van der Waals surface area contributed by atoms with Crippen molar-refractivity contribution in [3.63, 3.8) is 0 Å². The lowest BCUT2D eigenvalue weighted by Gasteiger charge is -2.34. The van der Waals surface area contributed by atoms with Crippen molar-refractivity contribution in [1.82, 2.24) is 9.55 Å². The highest BCUT2D eigenvalue weighted by molar-refractivity contribution is 5.95. The molecule has 196 valence electrons. The number of hydrogen-bond acceptors (Lipinski definition) is 5. The van der Waals surface area contributed by atoms with Crippen LogP contribution in [0.5, 0.6) is 0 Å². The van der Waals surface area contributed by atoms with E-state index in [0.29, 0.717) is 0 Å². The van der Waals surface area contributed by atoms with E-state index < -0.39 is 11.9 Å². The second kappa shape index (κ2) is 10.5. The van der Waals surface area contributed by atoms with Crippen molar-refractivity contribution in [3.05, 3.63) is 59.4 Å². The van der Waals surface area contributed by atoms with E-state index in [1.807, 2.05) is 49.4 Å². The van der Waals surface area contributed by atoms with Crippen LogP contribution in [0.4, 0.5) is 10.5 Å². The van der Waals surface area contributed by atoms with Crippen LogP contribution in [0.15, 0.2) is 42.5 Å². The Morgan fingerprint density at radius 2 is 1.92 bits per heavy atom. The van der Waals surface area contributed by atoms with Gasteiger partial charge in [0.2, 0.25) is 0 Å². The molecule has 37 heavy (non-hydrogen) atoms. The molecule has 5 rings (SSSR count). The van der Waals surface area contributed by atoms with Gasteiger partial charge in [0.05, 0.1) is 29.7 Å². The van der Waals surface area contributed by atoms with Gasteiger partial charge in [-0.2, -0.15) is 0 Å². The molecule has 2 aromatic carbocycles. The average molecular weight is 506 g/mol. The molecule has 0 saturated heterocycles. The third-order valence-corrected chi connectivity index (χ3v) is 8.16. The van der Waals surface area contributed by atoms with Gasteiger partial charge in [-0.25, -0.2) is 9.78 Å². The second-order valence-corrected chi connectivity index (χ2v) is 10.4. The Kier molecular flexibility index (Phi) is 7.20. The molecule has 2 heterocycles. The normalized spacial score (nSPS) is 22.5. The van der Waals surface area contributed by atoms with Gasteiger partial charge in [0.15, 0.2) is 0 Å². The zero-order valence-electron chi connectivity index (χ0n) is 21.5. The fourth-order valence-corrected chi connectivity index (χ4v) is 6.25. The number of aryl methyl sites for hydroxylation is 1. The van der Waals surface area contributed by atoms with Gasteiger partial charge >= 0.3 is 12.1 Å². The summed E-state index contributed by atoms with van der Waals surface area (Å²) in [6.45, 7) is 2.17. The molecule has 2 aliphatic rings. The molecule has 8 nitrogen and oxygen atoms in total. The van der Waals surface area contributed by atoms with Crippen molar-refractivity contribution in [2.45, 2.75) is 69.9 Å². The molecule has 8 heteroatoms. The van der Waals surface area contributed by atoms with Crippen LogP contribution in [-0.4, -0.2) is 51.6 Å². The highest BCUT2D eigenvalue weighted by atomic mass is 16.5. The summed E-state index contributed by atoms with van der Waals surface area (Å²) in [5.74, 6) is -0.640. The number of imidazole rings is 1. The quantitative estimate of drug-likeness (QED) is 0.484. The molecule has 1 unspecified atom stereocenters. The van der Waals surface area contributed by atoms with Crippen molar-refractivity contribution in [1.29, 1.82) is 0 Å². The van der Waals surface area contributed by atoms with E-state index in [2.05, 4.69) is 4.57 Å². The van der Waals surface area contributed by atoms with Crippen molar-refractivity contribution in [2.24, 2.45) is 5.92 Å². The smallest absolute Gasteiger partial charge is 0.414 e. The summed E-state index contributed by atoms with van der Waals surface area (Å²) in [4.78, 5) is 31.8. The molecule has 1 amide bonds. The number of ether oxygens (including phenoxy) is 1. The lowest BCUT2D eigenvalue weighted by molar-refractivity contribution is -0.138. The Bertz CT molecular complexity index is 1290. The molecule has 1 aliphatic carbocycles. The maximum atomic E-state index is 12.6. The maximum Gasteiger partial charge on any atom is 0.414 e. The molecular weight excluding hydrogens is 470 g/mol. The summed E-state index contributed by atoms with van der Waals surface area (Å²) < 4.78 is 7.31. The number of nitrogens with zero attached hydrogens (tertiary/aromatic N) is 3. The summed E-state index contributed by atoms with van der Waals surface area (Å²) >= 11 is 0. The zero-order chi connectivity index (χ0) is 26.1. The summed E-state index contributed by atoms with van der Waals surface area (Å²) in [7, 11) is 1.39. The highest BCUT2D eigenvalue weighted by Crippen LogP contribution is 2.41. The first-order chi connectivity index (χ1) is 17.9. The number of benzene rings is 2. The van der Waals surface area contributed by atoms with E-state index >= 15 is 0 Å². The Hall–Kier alpha value is -3.39. The van der Waals surface area contributed by atoms with Crippen LogP contribution in [0.3, 0.4) is 0 Å². The van der Waals surface area contributed by atoms with Gasteiger partial charge in [-0.15, -0.1) is 0 Å². The largest absolute Gasteiger partial charge is 0.481 e. The first-order valence-electron chi connectivity index (χ1n) is 13.2. The van der Waals surface area contributed by atoms with Crippen molar-refractivity contribution < 1.29 is 24.5 Å². The fourth-order valence-electron chi connectivity index (χ4n) is 6.25. The van der Waals surface area contributed by atoms with E-state index in [1.165, 1.54) is 7.11 Å². The number of aliphatic hydroxyl groups is 1. The number of anilines is 1. The number of methoxy groups -OCH3 is 1. The van der Waals surface area contributed by atoms with E-state index in [4.69, 9.17) is 9.72 Å². The van der Waals surface area contributed by atoms with Crippen LogP contribution in [-0.2, 0) is 22.4 Å². The molecule has 2 N–H and O–H groups in total. The average Bonchev–Trinajstić information content (AvgIpc) is 3.30. The number of carboxylic acids is 1. The molecule has 3 aromatic rings. The van der Waals surface area contributed by atoms with E-state index in [-0.39, 0.29) is 37.1 Å². The molecular formula is C29H35N3O5. The molecule has 1 fully saturated rings. The van der Waals surface area contributed by atoms with E-state index in [9.17, 15) is 19.8 Å². The molecule has 0 bridgehead atoms. The summed E-state index contributed by atoms with van der Waals surface area (Å²) in [5, 5.41) is 20.1. The molecule has 0 spiro atoms. The number of rotatable bonds is 6. The summed E-state index contributed by atoms with van der Waals surface area (Å²) in [6.07, 6.45) is 5.25. The van der Waals surface area contributed by atoms with Crippen LogP contribution in [0, 0.1) is 5.92 Å². The standard InChI is InChI=1S/C29H35N3O5/c1-18-11-12-22-24(31(18)29(36)37-2)13-14-25-27(22)30-26(32(25)21-10-6-7-19(15-21)17-33)16-23(28(34)35)20-8-4-3-5-9-20/h3-5,8-9,13-14,18-19,21,23,33H,6-7,10-12,15-17H2,1-2H3,(H,34,35)/t18-,19-,21+,23?/m0/s1. The molecule has 1 aliphatic heterocycles. The monoisotopic (exact) mass is 505 g/mol. The van der Waals surface area contributed by atoms with Crippen molar-refractivity contribution >= 4 is 28.8 Å². The number of aromatic nitrogens is 2. The molecule has 0 radical (unpaired) electrons. The Morgan fingerprint density at radius 1 is 1.14 bits per heavy atom. The predicted molar refractivity (Wildman–Crippen MR) is 141 cm³/mol. The maximum absolute atomic E-state index is 12.6. The minimum absolute atomic E-state index is 0.0112. The van der Waals surface area contributed by atoms with Gasteiger partial charge in [-0.05, 0) is 62.6 Å². The van der Waals surface area contributed by atoms with Gasteiger partial charge < -0.3 is 19.5 Å². The Labute approximate surface area is 216 Å². The van der Waals surface area contributed by atoms with Crippen LogP contribution < -0.4 is 4.90 Å². The minimum atomic E-state index is -0.880. The Morgan fingerprint density at radius 3 is 2.62 bits per heavy atom. The van der Waals surface area contributed by atoms with Gasteiger partial charge in [0.1, 0.15) is 5.82 Å². The van der Waals surface area contributed by atoms with E-state index in [0.717, 1.165) is 72.2 Å². The summed E-state index contributed by atoms with van der Waals surface area (Å²) in [5.41, 5.74) is 4.36. The second-order valence-electron chi connectivity index (χ2n) is 10.4. The number of aliphatic hydroxyl groups excluding tert-OH is 1. The first-order valence-corrected chi connectivity index (χ1v) is 13.2. The van der Waals surface area contributed by atoms with Gasteiger partial charge in [-0.3, -0.25) is 9.69 Å². The SMILES string of the molecule is COC(=O)N1c2ccc3c(nc(CC(C(=O)O)c4ccccc4)n3[C@@H]3CCC[C@H](CO)C3)c2CC[C@@H]1C.